The van der Waals surface area contributed by atoms with Gasteiger partial charge in [-0.1, -0.05) is 54.1 Å². The number of hydrogen-bond acceptors (Lipinski definition) is 1. The number of halogens is 1. The molecule has 0 spiro atoms. The van der Waals surface area contributed by atoms with Crippen molar-refractivity contribution in [2.75, 3.05) is 26.2 Å². The van der Waals surface area contributed by atoms with E-state index in [1.165, 1.54) is 44.3 Å². The normalized spacial score (nSPS) is 18.5. The summed E-state index contributed by atoms with van der Waals surface area (Å²) >= 11 is 6.08. The Labute approximate surface area is 156 Å². The number of benzene rings is 2. The van der Waals surface area contributed by atoms with Gasteiger partial charge in [-0.3, -0.25) is 0 Å². The van der Waals surface area contributed by atoms with Crippen LogP contribution in [0.2, 0.25) is 5.02 Å². The molecule has 1 atom stereocenters. The molecule has 1 heterocycles. The molecule has 0 radical (unpaired) electrons. The highest BCUT2D eigenvalue weighted by Crippen LogP contribution is 2.33. The van der Waals surface area contributed by atoms with Crippen LogP contribution < -0.4 is 4.90 Å². The van der Waals surface area contributed by atoms with Gasteiger partial charge in [-0.15, -0.1) is 0 Å². The maximum Gasteiger partial charge on any atom is 0.116 e. The molecule has 1 aliphatic heterocycles. The van der Waals surface area contributed by atoms with Crippen LogP contribution in [0, 0.1) is 0 Å². The molecule has 0 bridgehead atoms. The van der Waals surface area contributed by atoms with Crippen LogP contribution in [0.3, 0.4) is 0 Å². The zero-order valence-corrected chi connectivity index (χ0v) is 15.9. The summed E-state index contributed by atoms with van der Waals surface area (Å²) in [7, 11) is 0. The van der Waals surface area contributed by atoms with Crippen LogP contribution in [-0.4, -0.2) is 26.2 Å². The Morgan fingerprint density at radius 2 is 1.48 bits per heavy atom. The van der Waals surface area contributed by atoms with Crippen LogP contribution in [0.1, 0.15) is 43.7 Å². The van der Waals surface area contributed by atoms with Gasteiger partial charge in [-0.25, -0.2) is 0 Å². The lowest BCUT2D eigenvalue weighted by molar-refractivity contribution is -0.899. The molecule has 1 fully saturated rings. The first kappa shape index (κ1) is 18.4. The first-order valence-corrected chi connectivity index (χ1v) is 9.85. The number of quaternary nitrogens is 1. The topological polar surface area (TPSA) is 13.7 Å². The molecule has 1 aliphatic rings. The van der Waals surface area contributed by atoms with Gasteiger partial charge in [0.15, 0.2) is 0 Å². The first-order chi connectivity index (χ1) is 12.2. The van der Waals surface area contributed by atoms with Crippen LogP contribution in [0.4, 0.5) is 0 Å². The van der Waals surface area contributed by atoms with E-state index >= 15 is 0 Å². The minimum atomic E-state index is -0.447. The lowest BCUT2D eigenvalue weighted by atomic mass is 9.88. The van der Waals surface area contributed by atoms with E-state index in [9.17, 15) is 0 Å². The highest BCUT2D eigenvalue weighted by atomic mass is 35.5. The molecule has 2 aromatic rings. The summed E-state index contributed by atoms with van der Waals surface area (Å²) in [4.78, 5) is 1.68. The number of nitrogens with one attached hydrogen (secondary N) is 1. The van der Waals surface area contributed by atoms with E-state index in [1.807, 2.05) is 18.2 Å². The zero-order valence-electron chi connectivity index (χ0n) is 15.1. The number of ether oxygens (including phenoxy) is 1. The van der Waals surface area contributed by atoms with Crippen LogP contribution in [-0.2, 0) is 10.3 Å². The second-order valence-electron chi connectivity index (χ2n) is 7.17. The monoisotopic (exact) mass is 358 g/mol. The third kappa shape index (κ3) is 4.84. The zero-order chi connectivity index (χ0) is 17.5. The first-order valence-electron chi connectivity index (χ1n) is 9.47. The summed E-state index contributed by atoms with van der Waals surface area (Å²) in [6.45, 7) is 6.58. The minimum absolute atomic E-state index is 0.447. The van der Waals surface area contributed by atoms with E-state index in [0.717, 1.165) is 23.7 Å². The summed E-state index contributed by atoms with van der Waals surface area (Å²) < 4.78 is 6.52. The molecule has 0 aliphatic carbocycles. The van der Waals surface area contributed by atoms with Crippen molar-refractivity contribution in [2.45, 2.75) is 38.2 Å². The van der Waals surface area contributed by atoms with E-state index in [-0.39, 0.29) is 0 Å². The maximum atomic E-state index is 6.52. The van der Waals surface area contributed by atoms with Gasteiger partial charge in [0, 0.05) is 5.02 Å². The molecule has 3 rings (SSSR count). The van der Waals surface area contributed by atoms with Gasteiger partial charge in [0.1, 0.15) is 12.1 Å². The molecule has 1 saturated heterocycles. The number of rotatable bonds is 6. The van der Waals surface area contributed by atoms with E-state index in [1.54, 1.807) is 4.90 Å². The third-order valence-corrected chi connectivity index (χ3v) is 5.63. The summed E-state index contributed by atoms with van der Waals surface area (Å²) in [5.41, 5.74) is 1.88. The van der Waals surface area contributed by atoms with Crippen molar-refractivity contribution < 1.29 is 9.64 Å². The average Bonchev–Trinajstić information content (AvgIpc) is 2.92. The van der Waals surface area contributed by atoms with Gasteiger partial charge in [0.05, 0.1) is 19.7 Å². The van der Waals surface area contributed by atoms with Crippen LogP contribution in [0.5, 0.6) is 0 Å². The van der Waals surface area contributed by atoms with Crippen LogP contribution in [0.15, 0.2) is 54.6 Å². The second-order valence-corrected chi connectivity index (χ2v) is 7.61. The quantitative estimate of drug-likeness (QED) is 0.821. The Hall–Kier alpha value is -1.35. The molecule has 2 aromatic carbocycles. The van der Waals surface area contributed by atoms with Crippen molar-refractivity contribution in [3.8, 4) is 0 Å². The van der Waals surface area contributed by atoms with Gasteiger partial charge in [0.25, 0.3) is 0 Å². The summed E-state index contributed by atoms with van der Waals surface area (Å²) in [5.74, 6) is 0. The SMILES string of the molecule is CC(OCC[NH+]1CCCCCC1)(c1ccccc1)c1ccc(Cl)cc1. The molecule has 0 saturated carbocycles. The fourth-order valence-corrected chi connectivity index (χ4v) is 3.86. The predicted octanol–water partition coefficient (Wildman–Crippen LogP) is 4.08. The van der Waals surface area contributed by atoms with Gasteiger partial charge in [-0.2, -0.15) is 0 Å². The van der Waals surface area contributed by atoms with Gasteiger partial charge >= 0.3 is 0 Å². The summed E-state index contributed by atoms with van der Waals surface area (Å²) in [6.07, 6.45) is 5.47. The third-order valence-electron chi connectivity index (χ3n) is 5.38. The smallest absolute Gasteiger partial charge is 0.116 e. The van der Waals surface area contributed by atoms with Crippen molar-refractivity contribution in [3.05, 3.63) is 70.7 Å². The lowest BCUT2D eigenvalue weighted by Gasteiger charge is -2.32. The van der Waals surface area contributed by atoms with E-state index in [4.69, 9.17) is 16.3 Å². The van der Waals surface area contributed by atoms with Gasteiger partial charge in [0.2, 0.25) is 0 Å². The fraction of sp³-hybridized carbons (Fsp3) is 0.455. The fourth-order valence-electron chi connectivity index (χ4n) is 3.74. The maximum absolute atomic E-state index is 6.52. The molecule has 3 heteroatoms. The van der Waals surface area contributed by atoms with E-state index < -0.39 is 5.60 Å². The van der Waals surface area contributed by atoms with Gasteiger partial charge in [-0.05, 0) is 55.9 Å². The standard InChI is InChI=1S/C22H28ClNO/c1-22(19-9-5-4-6-10-19,20-11-13-21(23)14-12-20)25-18-17-24-15-7-2-3-8-16-24/h4-6,9-14H,2-3,7-8,15-18H2,1H3/p+1. The minimum Gasteiger partial charge on any atom is -0.360 e. The molecule has 1 N–H and O–H groups in total. The molecular formula is C22H29ClNO+. The van der Waals surface area contributed by atoms with Crippen molar-refractivity contribution in [3.63, 3.8) is 0 Å². The van der Waals surface area contributed by atoms with Crippen LogP contribution in [0.25, 0.3) is 0 Å². The number of likely N-dealkylation sites (tertiary alicyclic amines) is 1. The lowest BCUT2D eigenvalue weighted by Crippen LogP contribution is -3.12. The van der Waals surface area contributed by atoms with E-state index in [0.29, 0.717) is 0 Å². The molecule has 2 nitrogen and oxygen atoms in total. The largest absolute Gasteiger partial charge is 0.360 e. The molecule has 0 amide bonds. The Morgan fingerprint density at radius 3 is 2.12 bits per heavy atom. The average molecular weight is 359 g/mol. The molecular weight excluding hydrogens is 330 g/mol. The summed E-state index contributed by atoms with van der Waals surface area (Å²) in [6, 6.07) is 18.5. The Morgan fingerprint density at radius 1 is 0.880 bits per heavy atom. The molecule has 134 valence electrons. The highest BCUT2D eigenvalue weighted by Gasteiger charge is 2.30. The second kappa shape index (κ2) is 8.84. The van der Waals surface area contributed by atoms with Crippen molar-refractivity contribution in [1.29, 1.82) is 0 Å². The molecule has 1 unspecified atom stereocenters. The number of hydrogen-bond donors (Lipinski definition) is 1. The summed E-state index contributed by atoms with van der Waals surface area (Å²) in [5, 5.41) is 0.758. The molecule has 0 aromatic heterocycles. The van der Waals surface area contributed by atoms with E-state index in [2.05, 4.69) is 43.3 Å². The van der Waals surface area contributed by atoms with Crippen molar-refractivity contribution >= 4 is 11.6 Å². The van der Waals surface area contributed by atoms with Crippen LogP contribution >= 0.6 is 11.6 Å². The predicted molar refractivity (Wildman–Crippen MR) is 104 cm³/mol. The van der Waals surface area contributed by atoms with Crippen molar-refractivity contribution in [2.24, 2.45) is 0 Å². The van der Waals surface area contributed by atoms with Gasteiger partial charge < -0.3 is 9.64 Å². The molecule has 25 heavy (non-hydrogen) atoms. The van der Waals surface area contributed by atoms with Crippen molar-refractivity contribution in [1.82, 2.24) is 0 Å². The Balaban J connectivity index is 1.73. The highest BCUT2D eigenvalue weighted by molar-refractivity contribution is 6.30. The Kier molecular flexibility index (Phi) is 6.52. The Bertz CT molecular complexity index is 635.